The van der Waals surface area contributed by atoms with Gasteiger partial charge < -0.3 is 19.3 Å². The minimum atomic E-state index is -4.13. The van der Waals surface area contributed by atoms with E-state index in [1.54, 1.807) is 18.2 Å². The summed E-state index contributed by atoms with van der Waals surface area (Å²) in [6.45, 7) is 0. The van der Waals surface area contributed by atoms with Gasteiger partial charge in [0.05, 0.1) is 24.8 Å². The molecular weight excluding hydrogens is 482 g/mol. The van der Waals surface area contributed by atoms with Gasteiger partial charge in [-0.25, -0.2) is 0 Å². The number of carboxylic acid groups (broad SMARTS) is 1. The molecule has 0 radical (unpaired) electrons. The van der Waals surface area contributed by atoms with Crippen molar-refractivity contribution in [1.82, 2.24) is 5.32 Å². The number of amidine groups is 1. The molecule has 1 amide bonds. The first-order valence-corrected chi connectivity index (χ1v) is 11.5. The van der Waals surface area contributed by atoms with Crippen molar-refractivity contribution < 1.29 is 32.0 Å². The van der Waals surface area contributed by atoms with Crippen LogP contribution in [0, 0.1) is 0 Å². The molecule has 1 aliphatic heterocycles. The minimum absolute atomic E-state index is 0.0389. The summed E-state index contributed by atoms with van der Waals surface area (Å²) in [4.78, 5) is 22.4. The third-order valence-electron chi connectivity index (χ3n) is 3.97. The van der Waals surface area contributed by atoms with E-state index in [1.807, 2.05) is 0 Å². The number of carbonyl (C=O) groups excluding carboxylic acids is 1. The highest BCUT2D eigenvalue weighted by molar-refractivity contribution is 8.15. The van der Waals surface area contributed by atoms with Gasteiger partial charge in [0, 0.05) is 5.56 Å². The topological polar surface area (TPSA) is 144 Å². The predicted molar refractivity (Wildman–Crippen MR) is 119 cm³/mol. The molecule has 0 spiro atoms. The number of hydrogen-bond donors (Lipinski definition) is 2. The van der Waals surface area contributed by atoms with E-state index in [4.69, 9.17) is 25.6 Å². The minimum Gasteiger partial charge on any atom is -0.493 e. The van der Waals surface area contributed by atoms with Crippen LogP contribution in [0.3, 0.4) is 0 Å². The molecule has 10 nitrogen and oxygen atoms in total. The van der Waals surface area contributed by atoms with Gasteiger partial charge in [0.15, 0.2) is 10.9 Å². The number of nitrogens with zero attached hydrogens (tertiary/aromatic N) is 2. The third kappa shape index (κ3) is 5.78. The number of ether oxygens (including phenoxy) is 1. The predicted octanol–water partition coefficient (Wildman–Crippen LogP) is 2.51. The van der Waals surface area contributed by atoms with Crippen LogP contribution in [-0.2, 0) is 19.7 Å². The van der Waals surface area contributed by atoms with Crippen LogP contribution in [0.2, 0.25) is 5.02 Å². The monoisotopic (exact) mass is 497 g/mol. The molecule has 0 aromatic heterocycles. The summed E-state index contributed by atoms with van der Waals surface area (Å²) in [5.41, 5.74) is 0.414. The fourth-order valence-corrected chi connectivity index (χ4v) is 4.73. The van der Waals surface area contributed by atoms with Crippen LogP contribution in [0.25, 0.3) is 0 Å². The lowest BCUT2D eigenvalue weighted by atomic mass is 10.2. The lowest BCUT2D eigenvalue weighted by Crippen LogP contribution is -2.26. The molecule has 1 aliphatic rings. The lowest BCUT2D eigenvalue weighted by Gasteiger charge is -2.13. The number of halogens is 1. The zero-order chi connectivity index (χ0) is 23.3. The van der Waals surface area contributed by atoms with Crippen LogP contribution >= 0.6 is 23.4 Å². The number of nitrogens with one attached hydrogen (secondary N) is 1. The molecule has 1 fully saturated rings. The lowest BCUT2D eigenvalue weighted by molar-refractivity contribution is -0.138. The van der Waals surface area contributed by atoms with Gasteiger partial charge in [-0.2, -0.15) is 13.5 Å². The zero-order valence-electron chi connectivity index (χ0n) is 16.4. The van der Waals surface area contributed by atoms with Crippen molar-refractivity contribution in [3.8, 4) is 11.5 Å². The highest BCUT2D eigenvalue weighted by Crippen LogP contribution is 2.38. The highest BCUT2D eigenvalue weighted by atomic mass is 35.5. The third-order valence-corrected chi connectivity index (χ3v) is 6.56. The Balaban J connectivity index is 1.78. The Morgan fingerprint density at radius 2 is 2.03 bits per heavy atom. The second kappa shape index (κ2) is 10.0. The number of benzene rings is 2. The van der Waals surface area contributed by atoms with Crippen molar-refractivity contribution >= 4 is 56.7 Å². The van der Waals surface area contributed by atoms with E-state index in [0.29, 0.717) is 5.56 Å². The number of hydrogen-bond acceptors (Lipinski definition) is 9. The molecule has 13 heteroatoms. The van der Waals surface area contributed by atoms with Crippen molar-refractivity contribution in [3.05, 3.63) is 53.1 Å². The maximum absolute atomic E-state index is 12.5. The molecule has 2 aromatic rings. The normalized spacial score (nSPS) is 17.5. The van der Waals surface area contributed by atoms with Crippen molar-refractivity contribution in [1.29, 1.82) is 0 Å². The second-order valence-electron chi connectivity index (χ2n) is 6.23. The largest absolute Gasteiger partial charge is 0.493 e. The summed E-state index contributed by atoms with van der Waals surface area (Å²) in [6.07, 6.45) is 0.966. The molecule has 0 bridgehead atoms. The first-order chi connectivity index (χ1) is 15.2. The molecule has 1 saturated heterocycles. The molecule has 1 atom stereocenters. The number of rotatable bonds is 8. The zero-order valence-corrected chi connectivity index (χ0v) is 18.8. The van der Waals surface area contributed by atoms with Gasteiger partial charge in [-0.05, 0) is 24.3 Å². The Kier molecular flexibility index (Phi) is 7.38. The van der Waals surface area contributed by atoms with Crippen molar-refractivity contribution in [2.75, 3.05) is 7.11 Å². The molecule has 0 saturated carbocycles. The molecule has 3 rings (SSSR count). The Hall–Kier alpha value is -3.09. The van der Waals surface area contributed by atoms with Gasteiger partial charge in [-0.15, -0.1) is 5.10 Å². The summed E-state index contributed by atoms with van der Waals surface area (Å²) in [5, 5.41) is 18.3. The first kappa shape index (κ1) is 23.6. The average molecular weight is 498 g/mol. The van der Waals surface area contributed by atoms with E-state index in [2.05, 4.69) is 15.5 Å². The smallest absolute Gasteiger partial charge is 0.339 e. The molecule has 1 unspecified atom stereocenters. The van der Waals surface area contributed by atoms with Gasteiger partial charge in [0.25, 0.3) is 0 Å². The van der Waals surface area contributed by atoms with Crippen LogP contribution < -0.4 is 14.2 Å². The summed E-state index contributed by atoms with van der Waals surface area (Å²) in [6, 6.07) is 10.4. The summed E-state index contributed by atoms with van der Waals surface area (Å²) >= 11 is 7.17. The van der Waals surface area contributed by atoms with E-state index in [1.165, 1.54) is 37.6 Å². The molecular formula is C19H16ClN3O7S2. The molecule has 0 aliphatic carbocycles. The number of methoxy groups -OCH3 is 1. The Morgan fingerprint density at radius 3 is 2.69 bits per heavy atom. The highest BCUT2D eigenvalue weighted by Gasteiger charge is 2.32. The van der Waals surface area contributed by atoms with Crippen LogP contribution in [0.5, 0.6) is 11.5 Å². The number of amides is 1. The molecule has 1 heterocycles. The quantitative estimate of drug-likeness (QED) is 0.321. The fourth-order valence-electron chi connectivity index (χ4n) is 2.53. The van der Waals surface area contributed by atoms with E-state index in [9.17, 15) is 18.0 Å². The fraction of sp³-hybridized carbons (Fsp3) is 0.158. The van der Waals surface area contributed by atoms with Crippen molar-refractivity contribution in [3.63, 3.8) is 0 Å². The van der Waals surface area contributed by atoms with E-state index in [0.717, 1.165) is 11.8 Å². The van der Waals surface area contributed by atoms with Crippen LogP contribution in [0.4, 0.5) is 0 Å². The van der Waals surface area contributed by atoms with E-state index >= 15 is 0 Å². The number of carboxylic acids is 1. The van der Waals surface area contributed by atoms with Crippen molar-refractivity contribution in [2.24, 2.45) is 10.2 Å². The van der Waals surface area contributed by atoms with Crippen LogP contribution in [0.1, 0.15) is 12.0 Å². The summed E-state index contributed by atoms with van der Waals surface area (Å²) in [7, 11) is -2.81. The van der Waals surface area contributed by atoms with E-state index in [-0.39, 0.29) is 33.0 Å². The number of aliphatic carboxylic acids is 1. The maximum atomic E-state index is 12.5. The summed E-state index contributed by atoms with van der Waals surface area (Å²) in [5.74, 6) is -1.69. The molecule has 32 heavy (non-hydrogen) atoms. The van der Waals surface area contributed by atoms with Crippen LogP contribution in [-0.4, -0.2) is 49.1 Å². The standard InChI is InChI=1S/C19H16ClN3O7S2/c1-29-14-8-11(10-21-23-19-22-18(26)15(31-19)9-16(24)25)7-13(20)17(14)30-32(27,28)12-5-3-2-4-6-12/h2-8,10,15H,9H2,1H3,(H,24,25)(H,22,23,26). The van der Waals surface area contributed by atoms with Gasteiger partial charge in [0.1, 0.15) is 10.1 Å². The number of carbonyl (C=O) groups is 2. The molecule has 2 aromatic carbocycles. The average Bonchev–Trinajstić information content (AvgIpc) is 3.08. The maximum Gasteiger partial charge on any atom is 0.339 e. The van der Waals surface area contributed by atoms with Gasteiger partial charge >= 0.3 is 16.1 Å². The van der Waals surface area contributed by atoms with E-state index < -0.39 is 27.2 Å². The molecule has 168 valence electrons. The summed E-state index contributed by atoms with van der Waals surface area (Å²) < 4.78 is 35.4. The SMILES string of the molecule is COc1cc(C=N/N=C2\NC(=O)C(CC(=O)O)S2)cc(Cl)c1OS(=O)(=O)c1ccccc1. The van der Waals surface area contributed by atoms with Crippen LogP contribution in [0.15, 0.2) is 57.6 Å². The Labute approximate surface area is 192 Å². The van der Waals surface area contributed by atoms with Gasteiger partial charge in [0.2, 0.25) is 11.7 Å². The molecule has 2 N–H and O–H groups in total. The van der Waals surface area contributed by atoms with Crippen molar-refractivity contribution in [2.45, 2.75) is 16.6 Å². The Bertz CT molecular complexity index is 1200. The second-order valence-corrected chi connectivity index (χ2v) is 9.37. The van der Waals surface area contributed by atoms with Gasteiger partial charge in [-0.1, -0.05) is 41.6 Å². The Morgan fingerprint density at radius 1 is 1.31 bits per heavy atom. The first-order valence-electron chi connectivity index (χ1n) is 8.87. The number of thioether (sulfide) groups is 1. The van der Waals surface area contributed by atoms with Gasteiger partial charge in [-0.3, -0.25) is 9.59 Å².